The molecule has 0 aliphatic carbocycles. The fourth-order valence-corrected chi connectivity index (χ4v) is 6.15. The molecule has 4 heteroatoms. The number of nitrogens with zero attached hydrogens (tertiary/aromatic N) is 2. The average molecular weight is 451 g/mol. The van der Waals surface area contributed by atoms with Crippen LogP contribution in [-0.4, -0.2) is 12.4 Å². The molecule has 156 valence electrons. The highest BCUT2D eigenvalue weighted by Crippen LogP contribution is 2.52. The molecule has 4 aromatic carbocycles. The van der Waals surface area contributed by atoms with Gasteiger partial charge in [0.05, 0.1) is 11.4 Å². The van der Waals surface area contributed by atoms with E-state index in [-0.39, 0.29) is 0 Å². The molecule has 0 saturated carbocycles. The number of aryl methyl sites for hydroxylation is 2. The molecule has 2 nitrogen and oxygen atoms in total. The molecule has 0 bridgehead atoms. The van der Waals surface area contributed by atoms with Gasteiger partial charge in [0, 0.05) is 22.2 Å². The Kier molecular flexibility index (Phi) is 5.97. The van der Waals surface area contributed by atoms with Crippen molar-refractivity contribution in [1.82, 2.24) is 0 Å². The second kappa shape index (κ2) is 9.19. The molecule has 0 radical (unpaired) electrons. The Morgan fingerprint density at radius 1 is 0.562 bits per heavy atom. The minimum absolute atomic E-state index is 0.963. The van der Waals surface area contributed by atoms with Gasteiger partial charge in [-0.2, -0.15) is 0 Å². The fraction of sp³-hybridized carbons (Fsp3) is 0.0714. The van der Waals surface area contributed by atoms with Crippen molar-refractivity contribution in [3.63, 3.8) is 0 Å². The molecular formula is C28H22N2S2. The Morgan fingerprint density at radius 3 is 1.38 bits per heavy atom. The molecule has 0 atom stereocenters. The molecular weight excluding hydrogens is 428 g/mol. The van der Waals surface area contributed by atoms with Crippen LogP contribution in [-0.2, 0) is 0 Å². The van der Waals surface area contributed by atoms with E-state index in [2.05, 4.69) is 48.1 Å². The van der Waals surface area contributed by atoms with E-state index in [0.29, 0.717) is 0 Å². The highest BCUT2D eigenvalue weighted by molar-refractivity contribution is 8.76. The summed E-state index contributed by atoms with van der Waals surface area (Å²) in [5, 5.41) is 0. The standard InChI is InChI=1S/C28H22N2S2/c1-19-13-27-25(15-21(19)17-29-23-9-5-3-6-10-23)26-16-22(20(2)14-28(26)32-31-27)18-30-24-11-7-4-8-12-24/h3-18H,1-2H3/b29-17+,30-18+. The second-order valence-corrected chi connectivity index (χ2v) is 9.98. The van der Waals surface area contributed by atoms with Crippen LogP contribution in [0.4, 0.5) is 11.4 Å². The molecule has 32 heavy (non-hydrogen) atoms. The summed E-state index contributed by atoms with van der Waals surface area (Å²) in [6.07, 6.45) is 3.95. The van der Waals surface area contributed by atoms with Crippen LogP contribution in [0.25, 0.3) is 11.1 Å². The summed E-state index contributed by atoms with van der Waals surface area (Å²) in [6, 6.07) is 29.3. The lowest BCUT2D eigenvalue weighted by Crippen LogP contribution is -1.98. The van der Waals surface area contributed by atoms with E-state index in [9.17, 15) is 0 Å². The molecule has 5 rings (SSSR count). The highest BCUT2D eigenvalue weighted by Gasteiger charge is 2.20. The Hall–Kier alpha value is -3.08. The number of aliphatic imine (C=N–C) groups is 2. The summed E-state index contributed by atoms with van der Waals surface area (Å²) < 4.78 is 0. The van der Waals surface area contributed by atoms with Crippen molar-refractivity contribution in [2.24, 2.45) is 9.98 Å². The highest BCUT2D eigenvalue weighted by atomic mass is 33.1. The number of benzene rings is 4. The lowest BCUT2D eigenvalue weighted by molar-refractivity contribution is 1.29. The molecule has 0 amide bonds. The Morgan fingerprint density at radius 2 is 0.969 bits per heavy atom. The number of hydrogen-bond donors (Lipinski definition) is 0. The van der Waals surface area contributed by atoms with E-state index in [1.54, 1.807) is 0 Å². The average Bonchev–Trinajstić information content (AvgIpc) is 2.83. The number of fused-ring (bicyclic) bond motifs is 3. The molecule has 1 aliphatic rings. The monoisotopic (exact) mass is 450 g/mol. The van der Waals surface area contributed by atoms with E-state index >= 15 is 0 Å². The third-order valence-electron chi connectivity index (χ3n) is 5.47. The van der Waals surface area contributed by atoms with Gasteiger partial charge < -0.3 is 0 Å². The van der Waals surface area contributed by atoms with Crippen molar-refractivity contribution in [2.45, 2.75) is 23.6 Å². The second-order valence-electron chi connectivity index (χ2n) is 7.76. The summed E-state index contributed by atoms with van der Waals surface area (Å²) in [5.41, 5.74) is 9.21. The Balaban J connectivity index is 1.54. The molecule has 1 aliphatic heterocycles. The van der Waals surface area contributed by atoms with Crippen molar-refractivity contribution < 1.29 is 0 Å². The number of rotatable bonds is 4. The van der Waals surface area contributed by atoms with Crippen molar-refractivity contribution in [2.75, 3.05) is 0 Å². The normalized spacial score (nSPS) is 12.8. The van der Waals surface area contributed by atoms with E-state index in [1.807, 2.05) is 94.7 Å². The Labute approximate surface area is 196 Å². The van der Waals surface area contributed by atoms with Crippen LogP contribution < -0.4 is 0 Å². The largest absolute Gasteiger partial charge is 0.256 e. The van der Waals surface area contributed by atoms with E-state index in [0.717, 1.165) is 22.5 Å². The van der Waals surface area contributed by atoms with Gasteiger partial charge in [0.15, 0.2) is 0 Å². The lowest BCUT2D eigenvalue weighted by Gasteiger charge is -2.21. The molecule has 0 N–H and O–H groups in total. The Bertz CT molecular complexity index is 1220. The zero-order valence-corrected chi connectivity index (χ0v) is 19.6. The topological polar surface area (TPSA) is 24.7 Å². The van der Waals surface area contributed by atoms with Crippen LogP contribution in [0.2, 0.25) is 0 Å². The lowest BCUT2D eigenvalue weighted by atomic mass is 9.96. The first kappa shape index (κ1) is 20.8. The molecule has 0 spiro atoms. The van der Waals surface area contributed by atoms with E-state index in [1.165, 1.54) is 32.0 Å². The first-order valence-electron chi connectivity index (χ1n) is 10.5. The molecule has 4 aromatic rings. The summed E-state index contributed by atoms with van der Waals surface area (Å²) in [5.74, 6) is 0. The maximum Gasteiger partial charge on any atom is 0.0629 e. The predicted octanol–water partition coefficient (Wildman–Crippen LogP) is 8.58. The van der Waals surface area contributed by atoms with Crippen LogP contribution in [0.3, 0.4) is 0 Å². The minimum Gasteiger partial charge on any atom is -0.256 e. The smallest absolute Gasteiger partial charge is 0.0629 e. The van der Waals surface area contributed by atoms with Crippen LogP contribution in [0.5, 0.6) is 0 Å². The maximum atomic E-state index is 4.68. The SMILES string of the molecule is Cc1cc2c(cc1/C=N/c1ccccc1)-c1cc(/C=N/c3ccccc3)c(C)cc1SS2. The number of hydrogen-bond acceptors (Lipinski definition) is 4. The summed E-state index contributed by atoms with van der Waals surface area (Å²) >= 11 is 0. The van der Waals surface area contributed by atoms with Gasteiger partial charge in [0.1, 0.15) is 0 Å². The number of para-hydroxylation sites is 2. The van der Waals surface area contributed by atoms with E-state index < -0.39 is 0 Å². The van der Waals surface area contributed by atoms with Gasteiger partial charge in [-0.05, 0) is 95.8 Å². The maximum absolute atomic E-state index is 4.68. The summed E-state index contributed by atoms with van der Waals surface area (Å²) in [6.45, 7) is 4.31. The zero-order valence-electron chi connectivity index (χ0n) is 17.9. The zero-order chi connectivity index (χ0) is 21.9. The van der Waals surface area contributed by atoms with Gasteiger partial charge in [0.25, 0.3) is 0 Å². The predicted molar refractivity (Wildman–Crippen MR) is 140 cm³/mol. The molecule has 0 saturated heterocycles. The molecule has 0 aromatic heterocycles. The van der Waals surface area contributed by atoms with Crippen molar-refractivity contribution in [3.05, 3.63) is 107 Å². The fourth-order valence-electron chi connectivity index (χ4n) is 3.64. The third-order valence-corrected chi connectivity index (χ3v) is 7.91. The first-order valence-corrected chi connectivity index (χ1v) is 12.6. The van der Waals surface area contributed by atoms with Crippen LogP contribution in [0, 0.1) is 13.8 Å². The van der Waals surface area contributed by atoms with Gasteiger partial charge in [-0.3, -0.25) is 9.98 Å². The van der Waals surface area contributed by atoms with Crippen molar-refractivity contribution in [1.29, 1.82) is 0 Å². The van der Waals surface area contributed by atoms with Gasteiger partial charge >= 0.3 is 0 Å². The van der Waals surface area contributed by atoms with Crippen LogP contribution in [0.1, 0.15) is 22.3 Å². The minimum atomic E-state index is 0.963. The molecule has 0 fully saturated rings. The van der Waals surface area contributed by atoms with Gasteiger partial charge in [-0.25, -0.2) is 0 Å². The first-order chi connectivity index (χ1) is 15.7. The molecule has 0 unspecified atom stereocenters. The quantitative estimate of drug-likeness (QED) is 0.230. The van der Waals surface area contributed by atoms with Crippen molar-refractivity contribution >= 4 is 45.4 Å². The summed E-state index contributed by atoms with van der Waals surface area (Å²) in [7, 11) is 3.66. The van der Waals surface area contributed by atoms with Crippen molar-refractivity contribution in [3.8, 4) is 11.1 Å². The van der Waals surface area contributed by atoms with Crippen LogP contribution >= 0.6 is 21.6 Å². The molecule has 1 heterocycles. The van der Waals surface area contributed by atoms with Crippen LogP contribution in [0.15, 0.2) is 105 Å². The van der Waals surface area contributed by atoms with Gasteiger partial charge in [-0.15, -0.1) is 0 Å². The van der Waals surface area contributed by atoms with Gasteiger partial charge in [0.2, 0.25) is 0 Å². The third kappa shape index (κ3) is 4.43. The van der Waals surface area contributed by atoms with E-state index in [4.69, 9.17) is 0 Å². The summed E-state index contributed by atoms with van der Waals surface area (Å²) in [4.78, 5) is 12.0. The van der Waals surface area contributed by atoms with Gasteiger partial charge in [-0.1, -0.05) is 58.0 Å².